The normalized spacial score (nSPS) is 35.3. The highest BCUT2D eigenvalue weighted by molar-refractivity contribution is 4.97. The van der Waals surface area contributed by atoms with Gasteiger partial charge in [0.25, 0.3) is 0 Å². The van der Waals surface area contributed by atoms with Crippen molar-refractivity contribution in [2.45, 2.75) is 71.5 Å². The first-order valence-electron chi connectivity index (χ1n) is 9.03. The SMILES string of the molecule is CCNC1CCC(C(C)C)CC1N1CCN(C)C(C)(C)C1. The van der Waals surface area contributed by atoms with E-state index < -0.39 is 0 Å². The highest BCUT2D eigenvalue weighted by atomic mass is 15.3. The first kappa shape index (κ1) is 17.2. The Balaban J connectivity index is 2.08. The van der Waals surface area contributed by atoms with Gasteiger partial charge in [0.2, 0.25) is 0 Å². The van der Waals surface area contributed by atoms with Crippen LogP contribution in [0.1, 0.15) is 53.9 Å². The minimum atomic E-state index is 0.305. The molecule has 3 heteroatoms. The molecule has 2 aliphatic rings. The van der Waals surface area contributed by atoms with Gasteiger partial charge in [-0.25, -0.2) is 0 Å². The highest BCUT2D eigenvalue weighted by Gasteiger charge is 2.40. The van der Waals surface area contributed by atoms with Crippen LogP contribution in [-0.4, -0.2) is 60.6 Å². The predicted molar refractivity (Wildman–Crippen MR) is 91.7 cm³/mol. The van der Waals surface area contributed by atoms with Gasteiger partial charge >= 0.3 is 0 Å². The van der Waals surface area contributed by atoms with Crippen molar-refractivity contribution in [1.82, 2.24) is 15.1 Å². The van der Waals surface area contributed by atoms with Gasteiger partial charge in [-0.3, -0.25) is 9.80 Å². The summed E-state index contributed by atoms with van der Waals surface area (Å²) < 4.78 is 0. The van der Waals surface area contributed by atoms with E-state index in [0.29, 0.717) is 11.6 Å². The van der Waals surface area contributed by atoms with E-state index in [2.05, 4.69) is 56.8 Å². The molecule has 3 nitrogen and oxygen atoms in total. The maximum Gasteiger partial charge on any atom is 0.0277 e. The molecule has 3 unspecified atom stereocenters. The molecule has 124 valence electrons. The topological polar surface area (TPSA) is 18.5 Å². The third kappa shape index (κ3) is 4.00. The fraction of sp³-hybridized carbons (Fsp3) is 1.00. The van der Waals surface area contributed by atoms with Crippen LogP contribution in [0.15, 0.2) is 0 Å². The Morgan fingerprint density at radius 2 is 1.90 bits per heavy atom. The van der Waals surface area contributed by atoms with Gasteiger partial charge in [-0.15, -0.1) is 0 Å². The van der Waals surface area contributed by atoms with Crippen molar-refractivity contribution in [3.05, 3.63) is 0 Å². The fourth-order valence-electron chi connectivity index (χ4n) is 4.25. The van der Waals surface area contributed by atoms with Crippen molar-refractivity contribution >= 4 is 0 Å². The van der Waals surface area contributed by atoms with Gasteiger partial charge in [0.15, 0.2) is 0 Å². The third-order valence-electron chi connectivity index (χ3n) is 6.08. The second kappa shape index (κ2) is 6.97. The summed E-state index contributed by atoms with van der Waals surface area (Å²) >= 11 is 0. The smallest absolute Gasteiger partial charge is 0.0277 e. The summed E-state index contributed by atoms with van der Waals surface area (Å²) in [6.07, 6.45) is 4.15. The zero-order valence-corrected chi connectivity index (χ0v) is 15.2. The number of nitrogens with zero attached hydrogens (tertiary/aromatic N) is 2. The highest BCUT2D eigenvalue weighted by Crippen LogP contribution is 2.34. The Morgan fingerprint density at radius 3 is 2.48 bits per heavy atom. The van der Waals surface area contributed by atoms with E-state index in [1.54, 1.807) is 0 Å². The molecule has 3 atom stereocenters. The molecule has 0 aromatic heterocycles. The van der Waals surface area contributed by atoms with E-state index in [4.69, 9.17) is 0 Å². The summed E-state index contributed by atoms with van der Waals surface area (Å²) in [6.45, 7) is 16.6. The molecule has 1 saturated carbocycles. The van der Waals surface area contributed by atoms with Crippen LogP contribution in [0.3, 0.4) is 0 Å². The molecular formula is C18H37N3. The number of nitrogens with one attached hydrogen (secondary N) is 1. The van der Waals surface area contributed by atoms with Crippen molar-refractivity contribution in [2.75, 3.05) is 33.2 Å². The van der Waals surface area contributed by atoms with Gasteiger partial charge in [0.1, 0.15) is 0 Å². The van der Waals surface area contributed by atoms with Crippen LogP contribution < -0.4 is 5.32 Å². The molecule has 0 bridgehead atoms. The Bertz CT molecular complexity index is 326. The molecule has 1 aliphatic heterocycles. The number of hydrogen-bond donors (Lipinski definition) is 1. The Labute approximate surface area is 132 Å². The maximum atomic E-state index is 3.77. The molecule has 0 radical (unpaired) electrons. The van der Waals surface area contributed by atoms with Gasteiger partial charge in [-0.2, -0.15) is 0 Å². The first-order chi connectivity index (χ1) is 9.85. The Morgan fingerprint density at radius 1 is 1.19 bits per heavy atom. The lowest BCUT2D eigenvalue weighted by molar-refractivity contribution is -0.0118. The quantitative estimate of drug-likeness (QED) is 0.860. The summed E-state index contributed by atoms with van der Waals surface area (Å²) in [4.78, 5) is 5.32. The summed E-state index contributed by atoms with van der Waals surface area (Å²) in [7, 11) is 2.27. The summed E-state index contributed by atoms with van der Waals surface area (Å²) in [5.74, 6) is 1.74. The maximum absolute atomic E-state index is 3.77. The third-order valence-corrected chi connectivity index (χ3v) is 6.08. The summed E-state index contributed by atoms with van der Waals surface area (Å²) in [5, 5.41) is 3.77. The van der Waals surface area contributed by atoms with E-state index in [1.807, 2.05) is 0 Å². The Kier molecular flexibility index (Phi) is 5.72. The lowest BCUT2D eigenvalue weighted by atomic mass is 9.75. The molecular weight excluding hydrogens is 258 g/mol. The molecule has 1 aliphatic carbocycles. The minimum absolute atomic E-state index is 0.305. The Hall–Kier alpha value is -0.120. The zero-order valence-electron chi connectivity index (χ0n) is 15.2. The van der Waals surface area contributed by atoms with Crippen LogP contribution in [0.2, 0.25) is 0 Å². The minimum Gasteiger partial charge on any atom is -0.313 e. The zero-order chi connectivity index (χ0) is 15.6. The predicted octanol–water partition coefficient (Wildman–Crippen LogP) is 2.82. The molecule has 0 spiro atoms. The summed E-state index contributed by atoms with van der Waals surface area (Å²) in [5.41, 5.74) is 0.305. The van der Waals surface area contributed by atoms with Crippen LogP contribution >= 0.6 is 0 Å². The molecule has 0 amide bonds. The number of likely N-dealkylation sites (N-methyl/N-ethyl adjacent to an activating group) is 2. The van der Waals surface area contributed by atoms with Crippen molar-refractivity contribution < 1.29 is 0 Å². The van der Waals surface area contributed by atoms with Crippen LogP contribution in [0.5, 0.6) is 0 Å². The molecule has 21 heavy (non-hydrogen) atoms. The molecule has 0 aromatic carbocycles. The van der Waals surface area contributed by atoms with Crippen molar-refractivity contribution in [2.24, 2.45) is 11.8 Å². The first-order valence-corrected chi connectivity index (χ1v) is 9.03. The average Bonchev–Trinajstić information content (AvgIpc) is 2.42. The average molecular weight is 296 g/mol. The molecule has 2 fully saturated rings. The monoisotopic (exact) mass is 295 g/mol. The molecule has 0 aromatic rings. The standard InChI is InChI=1S/C18H37N3/c1-7-19-16-9-8-15(14(2)3)12-17(16)21-11-10-20(6)18(4,5)13-21/h14-17,19H,7-13H2,1-6H3. The molecule has 1 saturated heterocycles. The number of piperazine rings is 1. The largest absolute Gasteiger partial charge is 0.313 e. The molecule has 1 N–H and O–H groups in total. The van der Waals surface area contributed by atoms with Crippen LogP contribution in [-0.2, 0) is 0 Å². The second-order valence-electron chi connectivity index (χ2n) is 8.25. The molecule has 2 rings (SSSR count). The van der Waals surface area contributed by atoms with Crippen LogP contribution in [0.25, 0.3) is 0 Å². The molecule has 1 heterocycles. The fourth-order valence-corrected chi connectivity index (χ4v) is 4.25. The van der Waals surface area contributed by atoms with Crippen molar-refractivity contribution in [3.8, 4) is 0 Å². The van der Waals surface area contributed by atoms with Crippen molar-refractivity contribution in [3.63, 3.8) is 0 Å². The van der Waals surface area contributed by atoms with Crippen LogP contribution in [0.4, 0.5) is 0 Å². The lowest BCUT2D eigenvalue weighted by Gasteiger charge is -2.51. The van der Waals surface area contributed by atoms with E-state index >= 15 is 0 Å². The van der Waals surface area contributed by atoms with Crippen LogP contribution in [0, 0.1) is 11.8 Å². The van der Waals surface area contributed by atoms with Crippen molar-refractivity contribution in [1.29, 1.82) is 0 Å². The van der Waals surface area contributed by atoms with Gasteiger partial charge in [0, 0.05) is 37.3 Å². The summed E-state index contributed by atoms with van der Waals surface area (Å²) in [6, 6.07) is 1.43. The van der Waals surface area contributed by atoms with E-state index in [1.165, 1.54) is 38.9 Å². The van der Waals surface area contributed by atoms with Gasteiger partial charge in [-0.05, 0) is 58.5 Å². The lowest BCUT2D eigenvalue weighted by Crippen LogP contribution is -2.64. The van der Waals surface area contributed by atoms with Gasteiger partial charge in [0.05, 0.1) is 0 Å². The van der Waals surface area contributed by atoms with E-state index in [-0.39, 0.29) is 0 Å². The van der Waals surface area contributed by atoms with E-state index in [0.717, 1.165) is 24.4 Å². The van der Waals surface area contributed by atoms with Gasteiger partial charge < -0.3 is 5.32 Å². The number of rotatable bonds is 4. The van der Waals surface area contributed by atoms with Gasteiger partial charge in [-0.1, -0.05) is 20.8 Å². The second-order valence-corrected chi connectivity index (χ2v) is 8.25. The number of hydrogen-bond acceptors (Lipinski definition) is 3. The van der Waals surface area contributed by atoms with E-state index in [9.17, 15) is 0 Å².